The van der Waals surface area contributed by atoms with E-state index in [0.717, 1.165) is 44.2 Å². The Morgan fingerprint density at radius 3 is 2.55 bits per heavy atom. The fraction of sp³-hybridized carbons (Fsp3) is 0.375. The van der Waals surface area contributed by atoms with Crippen molar-refractivity contribution in [2.24, 2.45) is 0 Å². The van der Waals surface area contributed by atoms with Crippen LogP contribution in [0.3, 0.4) is 0 Å². The van der Waals surface area contributed by atoms with Crippen molar-refractivity contribution in [2.75, 3.05) is 31.1 Å². The molecule has 0 bridgehead atoms. The van der Waals surface area contributed by atoms with Crippen LogP contribution in [0, 0.1) is 6.92 Å². The van der Waals surface area contributed by atoms with Gasteiger partial charge < -0.3 is 9.30 Å². The molecule has 4 rings (SSSR count). The molecule has 6 heteroatoms. The lowest BCUT2D eigenvalue weighted by atomic mass is 10.3. The average Bonchev–Trinajstić information content (AvgIpc) is 3.16. The summed E-state index contributed by atoms with van der Waals surface area (Å²) in [5.41, 5.74) is 0.949. The van der Waals surface area contributed by atoms with Crippen LogP contribution >= 0.6 is 11.3 Å². The van der Waals surface area contributed by atoms with Crippen LogP contribution in [-0.2, 0) is 6.54 Å². The maximum Gasteiger partial charge on any atom is 0.180 e. The first-order chi connectivity index (χ1) is 10.8. The van der Waals surface area contributed by atoms with Crippen LogP contribution in [-0.4, -0.2) is 45.4 Å². The van der Waals surface area contributed by atoms with Crippen molar-refractivity contribution >= 4 is 22.8 Å². The van der Waals surface area contributed by atoms with Gasteiger partial charge >= 0.3 is 0 Å². The van der Waals surface area contributed by atoms with Crippen LogP contribution in [0.15, 0.2) is 36.9 Å². The molecule has 22 heavy (non-hydrogen) atoms. The Balaban J connectivity index is 1.44. The number of anilines is 1. The van der Waals surface area contributed by atoms with Crippen LogP contribution < -0.4 is 4.90 Å². The SMILES string of the molecule is Cc1ccc(CN2CCN(c3nccn4ccnc34)CC2)s1. The Morgan fingerprint density at radius 2 is 1.82 bits per heavy atom. The molecule has 3 aromatic heterocycles. The number of nitrogens with zero attached hydrogens (tertiary/aromatic N) is 5. The maximum atomic E-state index is 4.54. The molecule has 1 aliphatic heterocycles. The standard InChI is InChI=1S/C16H19N5S/c1-13-2-3-14(22-13)12-19-8-10-21(11-9-19)16-15-17-4-6-20(15)7-5-18-16/h2-7H,8-12H2,1H3. The van der Waals surface area contributed by atoms with Crippen molar-refractivity contribution in [1.82, 2.24) is 19.3 Å². The highest BCUT2D eigenvalue weighted by molar-refractivity contribution is 7.11. The van der Waals surface area contributed by atoms with E-state index in [1.54, 1.807) is 0 Å². The molecule has 0 aromatic carbocycles. The van der Waals surface area contributed by atoms with E-state index in [1.165, 1.54) is 9.75 Å². The Labute approximate surface area is 133 Å². The van der Waals surface area contributed by atoms with Gasteiger partial charge in [0, 0.05) is 67.3 Å². The molecule has 0 spiro atoms. The number of thiophene rings is 1. The number of aryl methyl sites for hydroxylation is 1. The zero-order valence-electron chi connectivity index (χ0n) is 12.6. The average molecular weight is 313 g/mol. The van der Waals surface area contributed by atoms with Crippen molar-refractivity contribution in [3.63, 3.8) is 0 Å². The summed E-state index contributed by atoms with van der Waals surface area (Å²) in [6, 6.07) is 4.46. The van der Waals surface area contributed by atoms with Gasteiger partial charge in [0.15, 0.2) is 11.5 Å². The fourth-order valence-corrected chi connectivity index (χ4v) is 3.90. The van der Waals surface area contributed by atoms with E-state index in [9.17, 15) is 0 Å². The molecule has 0 aliphatic carbocycles. The zero-order valence-corrected chi connectivity index (χ0v) is 13.5. The maximum absolute atomic E-state index is 4.54. The van der Waals surface area contributed by atoms with E-state index >= 15 is 0 Å². The lowest BCUT2D eigenvalue weighted by Gasteiger charge is -2.35. The second kappa shape index (κ2) is 5.70. The number of hydrogen-bond donors (Lipinski definition) is 0. The highest BCUT2D eigenvalue weighted by Crippen LogP contribution is 2.21. The number of imidazole rings is 1. The summed E-state index contributed by atoms with van der Waals surface area (Å²) in [4.78, 5) is 16.7. The second-order valence-electron chi connectivity index (χ2n) is 5.68. The third kappa shape index (κ3) is 2.60. The van der Waals surface area contributed by atoms with Crippen molar-refractivity contribution in [2.45, 2.75) is 13.5 Å². The first kappa shape index (κ1) is 13.7. The molecule has 5 nitrogen and oxygen atoms in total. The fourth-order valence-electron chi connectivity index (χ4n) is 2.97. The Hall–Kier alpha value is -1.92. The van der Waals surface area contributed by atoms with Gasteiger partial charge in [-0.25, -0.2) is 9.97 Å². The number of fused-ring (bicyclic) bond motifs is 1. The van der Waals surface area contributed by atoms with E-state index in [4.69, 9.17) is 0 Å². The molecule has 0 saturated carbocycles. The molecule has 0 atom stereocenters. The molecule has 0 amide bonds. The van der Waals surface area contributed by atoms with Gasteiger partial charge in [0.2, 0.25) is 0 Å². The predicted molar refractivity (Wildman–Crippen MR) is 89.5 cm³/mol. The Morgan fingerprint density at radius 1 is 1.05 bits per heavy atom. The molecule has 3 aromatic rings. The highest BCUT2D eigenvalue weighted by Gasteiger charge is 2.20. The van der Waals surface area contributed by atoms with E-state index < -0.39 is 0 Å². The van der Waals surface area contributed by atoms with Crippen LogP contribution in [0.5, 0.6) is 0 Å². The van der Waals surface area contributed by atoms with Crippen LogP contribution in [0.2, 0.25) is 0 Å². The molecule has 1 fully saturated rings. The number of aromatic nitrogens is 3. The van der Waals surface area contributed by atoms with Gasteiger partial charge in [-0.3, -0.25) is 4.90 Å². The monoisotopic (exact) mass is 313 g/mol. The van der Waals surface area contributed by atoms with Gasteiger partial charge in [-0.05, 0) is 19.1 Å². The Bertz CT molecular complexity index is 770. The van der Waals surface area contributed by atoms with E-state index in [2.05, 4.69) is 38.8 Å². The molecule has 0 N–H and O–H groups in total. The van der Waals surface area contributed by atoms with E-state index in [-0.39, 0.29) is 0 Å². The lowest BCUT2D eigenvalue weighted by Crippen LogP contribution is -2.46. The molecule has 0 radical (unpaired) electrons. The molecule has 114 valence electrons. The molecular weight excluding hydrogens is 294 g/mol. The third-order valence-electron chi connectivity index (χ3n) is 4.14. The summed E-state index contributed by atoms with van der Waals surface area (Å²) in [7, 11) is 0. The first-order valence-electron chi connectivity index (χ1n) is 7.60. The lowest BCUT2D eigenvalue weighted by molar-refractivity contribution is 0.251. The summed E-state index contributed by atoms with van der Waals surface area (Å²) in [6.45, 7) is 7.38. The molecule has 1 aliphatic rings. The van der Waals surface area contributed by atoms with Gasteiger partial charge in [0.25, 0.3) is 0 Å². The van der Waals surface area contributed by atoms with Gasteiger partial charge in [-0.15, -0.1) is 11.3 Å². The van der Waals surface area contributed by atoms with E-state index in [0.29, 0.717) is 0 Å². The summed E-state index contributed by atoms with van der Waals surface area (Å²) in [5.74, 6) is 0.999. The largest absolute Gasteiger partial charge is 0.351 e. The van der Waals surface area contributed by atoms with Crippen LogP contribution in [0.1, 0.15) is 9.75 Å². The predicted octanol–water partition coefficient (Wildman–Crippen LogP) is 2.42. The minimum Gasteiger partial charge on any atom is -0.351 e. The van der Waals surface area contributed by atoms with Gasteiger partial charge in [0.05, 0.1) is 0 Å². The number of rotatable bonds is 3. The summed E-state index contributed by atoms with van der Waals surface area (Å²) >= 11 is 1.90. The molecule has 0 unspecified atom stereocenters. The molecule has 4 heterocycles. The van der Waals surface area contributed by atoms with Crippen LogP contribution in [0.25, 0.3) is 5.65 Å². The van der Waals surface area contributed by atoms with Crippen molar-refractivity contribution in [3.05, 3.63) is 46.7 Å². The zero-order chi connectivity index (χ0) is 14.9. The minimum atomic E-state index is 0.949. The summed E-state index contributed by atoms with van der Waals surface area (Å²) < 4.78 is 2.03. The van der Waals surface area contributed by atoms with Gasteiger partial charge in [0.1, 0.15) is 0 Å². The smallest absolute Gasteiger partial charge is 0.180 e. The van der Waals surface area contributed by atoms with Crippen LogP contribution in [0.4, 0.5) is 5.82 Å². The quantitative estimate of drug-likeness (QED) is 0.744. The molecular formula is C16H19N5S. The number of piperazine rings is 1. The normalized spacial score (nSPS) is 16.5. The summed E-state index contributed by atoms with van der Waals surface area (Å²) in [5, 5.41) is 0. The van der Waals surface area contributed by atoms with Crippen molar-refractivity contribution in [1.29, 1.82) is 0 Å². The van der Waals surface area contributed by atoms with Crippen molar-refractivity contribution in [3.8, 4) is 0 Å². The van der Waals surface area contributed by atoms with Crippen molar-refractivity contribution < 1.29 is 0 Å². The minimum absolute atomic E-state index is 0.949. The molecule has 1 saturated heterocycles. The topological polar surface area (TPSA) is 36.7 Å². The van der Waals surface area contributed by atoms with Gasteiger partial charge in [-0.1, -0.05) is 0 Å². The summed E-state index contributed by atoms with van der Waals surface area (Å²) in [6.07, 6.45) is 7.60. The second-order valence-corrected chi connectivity index (χ2v) is 7.06. The first-order valence-corrected chi connectivity index (χ1v) is 8.41. The van der Waals surface area contributed by atoms with E-state index in [1.807, 2.05) is 40.5 Å². The van der Waals surface area contributed by atoms with Gasteiger partial charge in [-0.2, -0.15) is 0 Å². The highest BCUT2D eigenvalue weighted by atomic mass is 32.1. The third-order valence-corrected chi connectivity index (χ3v) is 5.13. The number of hydrogen-bond acceptors (Lipinski definition) is 5. The Kier molecular flexibility index (Phi) is 3.56.